The fourth-order valence-corrected chi connectivity index (χ4v) is 2.73. The molecule has 1 aliphatic heterocycles. The molecule has 1 amide bonds. The Hall–Kier alpha value is -1.47. The van der Waals surface area contributed by atoms with Crippen LogP contribution in [0.15, 0.2) is 18.2 Å². The quantitative estimate of drug-likeness (QED) is 0.883. The van der Waals surface area contributed by atoms with Crippen molar-refractivity contribution in [3.8, 4) is 0 Å². The lowest BCUT2D eigenvalue weighted by Gasteiger charge is -2.27. The third-order valence-corrected chi connectivity index (χ3v) is 4.51. The Morgan fingerprint density at radius 2 is 1.91 bits per heavy atom. The Morgan fingerprint density at radius 1 is 1.27 bits per heavy atom. The van der Waals surface area contributed by atoms with Gasteiger partial charge < -0.3 is 10.0 Å². The topological polar surface area (TPSA) is 57.6 Å². The number of carbonyl (C=O) groups is 2. The van der Waals surface area contributed by atoms with Crippen LogP contribution in [-0.4, -0.2) is 41.1 Å². The molecule has 0 spiro atoms. The zero-order valence-electron chi connectivity index (χ0n) is 11.0. The van der Waals surface area contributed by atoms with E-state index >= 15 is 0 Å². The highest BCUT2D eigenvalue weighted by molar-refractivity contribution is 6.43. The molecule has 1 aromatic carbocycles. The minimum atomic E-state index is -4.95. The van der Waals surface area contributed by atoms with Crippen molar-refractivity contribution in [1.82, 2.24) is 4.90 Å². The number of aliphatic carboxylic acids is 1. The Labute approximate surface area is 133 Å². The fourth-order valence-electron chi connectivity index (χ4n) is 2.35. The van der Waals surface area contributed by atoms with Gasteiger partial charge in [-0.2, -0.15) is 13.2 Å². The van der Waals surface area contributed by atoms with Crippen molar-refractivity contribution >= 4 is 35.1 Å². The zero-order valence-corrected chi connectivity index (χ0v) is 12.5. The van der Waals surface area contributed by atoms with Gasteiger partial charge in [0, 0.05) is 13.1 Å². The predicted octanol–water partition coefficient (Wildman–Crippen LogP) is 3.47. The fraction of sp³-hybridized carbons (Fsp3) is 0.385. The maximum absolute atomic E-state index is 13.1. The Balaban J connectivity index is 2.31. The van der Waals surface area contributed by atoms with Crippen LogP contribution in [0.1, 0.15) is 16.8 Å². The van der Waals surface area contributed by atoms with E-state index in [0.29, 0.717) is 0 Å². The van der Waals surface area contributed by atoms with Crippen LogP contribution in [0.4, 0.5) is 13.2 Å². The van der Waals surface area contributed by atoms with Gasteiger partial charge in [-0.1, -0.05) is 29.3 Å². The third-order valence-electron chi connectivity index (χ3n) is 3.69. The van der Waals surface area contributed by atoms with Crippen molar-refractivity contribution in [3.63, 3.8) is 0 Å². The average Bonchev–Trinajstić information content (AvgIpc) is 2.87. The van der Waals surface area contributed by atoms with Crippen molar-refractivity contribution in [2.75, 3.05) is 13.1 Å². The largest absolute Gasteiger partial charge is 0.481 e. The number of hydrogen-bond donors (Lipinski definition) is 1. The Bertz CT molecular complexity index is 635. The number of rotatable bonds is 2. The molecule has 1 atom stereocenters. The lowest BCUT2D eigenvalue weighted by atomic mass is 9.86. The van der Waals surface area contributed by atoms with Crippen LogP contribution in [0, 0.1) is 5.41 Å². The van der Waals surface area contributed by atoms with Gasteiger partial charge in [0.15, 0.2) is 5.41 Å². The van der Waals surface area contributed by atoms with E-state index in [4.69, 9.17) is 28.3 Å². The Kier molecular flexibility index (Phi) is 4.32. The summed E-state index contributed by atoms with van der Waals surface area (Å²) in [6.45, 7) is -1.28. The van der Waals surface area contributed by atoms with Gasteiger partial charge in [-0.25, -0.2) is 0 Å². The minimum Gasteiger partial charge on any atom is -0.481 e. The number of halogens is 5. The third kappa shape index (κ3) is 2.63. The van der Waals surface area contributed by atoms with Crippen molar-refractivity contribution in [3.05, 3.63) is 33.8 Å². The van der Waals surface area contributed by atoms with E-state index in [2.05, 4.69) is 0 Å². The van der Waals surface area contributed by atoms with E-state index in [-0.39, 0.29) is 22.2 Å². The van der Waals surface area contributed by atoms with Crippen molar-refractivity contribution in [2.45, 2.75) is 12.6 Å². The molecule has 0 saturated carbocycles. The van der Waals surface area contributed by atoms with Crippen LogP contribution in [0.2, 0.25) is 10.0 Å². The molecule has 0 bridgehead atoms. The monoisotopic (exact) mass is 355 g/mol. The van der Waals surface area contributed by atoms with Crippen molar-refractivity contribution < 1.29 is 27.9 Å². The first-order valence-electron chi connectivity index (χ1n) is 6.13. The number of benzene rings is 1. The van der Waals surface area contributed by atoms with Gasteiger partial charge in [0.1, 0.15) is 0 Å². The highest BCUT2D eigenvalue weighted by atomic mass is 35.5. The maximum Gasteiger partial charge on any atom is 0.406 e. The van der Waals surface area contributed by atoms with E-state index in [1.54, 1.807) is 0 Å². The number of hydrogen-bond acceptors (Lipinski definition) is 2. The molecule has 1 heterocycles. The Morgan fingerprint density at radius 3 is 2.41 bits per heavy atom. The maximum atomic E-state index is 13.1. The van der Waals surface area contributed by atoms with Crippen LogP contribution >= 0.6 is 23.2 Å². The summed E-state index contributed by atoms with van der Waals surface area (Å²) in [5.41, 5.74) is -3.01. The molecule has 1 aliphatic rings. The molecular weight excluding hydrogens is 346 g/mol. The molecule has 0 aliphatic carbocycles. The second-order valence-corrected chi connectivity index (χ2v) is 5.75. The minimum absolute atomic E-state index is 0.0578. The first-order chi connectivity index (χ1) is 10.1. The molecule has 22 heavy (non-hydrogen) atoms. The van der Waals surface area contributed by atoms with Gasteiger partial charge in [0.05, 0.1) is 15.6 Å². The zero-order chi connectivity index (χ0) is 16.7. The SMILES string of the molecule is O=C(c1cccc(Cl)c1Cl)N1CCC(C(=O)O)(C(F)(F)F)C1. The number of carbonyl (C=O) groups excluding carboxylic acids is 1. The number of nitrogens with zero attached hydrogens (tertiary/aromatic N) is 1. The summed E-state index contributed by atoms with van der Waals surface area (Å²) in [6, 6.07) is 4.19. The van der Waals surface area contributed by atoms with Gasteiger partial charge in [0.2, 0.25) is 0 Å². The lowest BCUT2D eigenvalue weighted by Crippen LogP contribution is -2.47. The molecule has 9 heteroatoms. The number of amides is 1. The van der Waals surface area contributed by atoms with Crippen LogP contribution in [0.5, 0.6) is 0 Å². The second kappa shape index (κ2) is 5.62. The smallest absolute Gasteiger partial charge is 0.406 e. The summed E-state index contributed by atoms with van der Waals surface area (Å²) in [5.74, 6) is -2.77. The summed E-state index contributed by atoms with van der Waals surface area (Å²) in [7, 11) is 0. The number of carboxylic acids is 1. The van der Waals surface area contributed by atoms with E-state index in [9.17, 15) is 22.8 Å². The molecule has 1 N–H and O–H groups in total. The van der Waals surface area contributed by atoms with E-state index < -0.39 is 36.4 Å². The van der Waals surface area contributed by atoms with Gasteiger partial charge in [-0.3, -0.25) is 9.59 Å². The highest BCUT2D eigenvalue weighted by Gasteiger charge is 2.64. The predicted molar refractivity (Wildman–Crippen MR) is 73.1 cm³/mol. The van der Waals surface area contributed by atoms with E-state index in [0.717, 1.165) is 4.90 Å². The number of alkyl halides is 3. The molecule has 2 rings (SSSR count). The molecule has 120 valence electrons. The van der Waals surface area contributed by atoms with Crippen LogP contribution in [-0.2, 0) is 4.79 Å². The van der Waals surface area contributed by atoms with Crippen LogP contribution in [0.3, 0.4) is 0 Å². The first kappa shape index (κ1) is 16.9. The second-order valence-electron chi connectivity index (χ2n) is 4.96. The van der Waals surface area contributed by atoms with Crippen molar-refractivity contribution in [2.24, 2.45) is 5.41 Å². The summed E-state index contributed by atoms with van der Waals surface area (Å²) in [5, 5.41) is 8.98. The van der Waals surface area contributed by atoms with Gasteiger partial charge in [-0.15, -0.1) is 0 Å². The van der Waals surface area contributed by atoms with E-state index in [1.807, 2.05) is 0 Å². The summed E-state index contributed by atoms with van der Waals surface area (Å²) < 4.78 is 39.2. The van der Waals surface area contributed by atoms with Crippen molar-refractivity contribution in [1.29, 1.82) is 0 Å². The number of carboxylic acid groups (broad SMARTS) is 1. The summed E-state index contributed by atoms with van der Waals surface area (Å²) >= 11 is 11.6. The molecule has 4 nitrogen and oxygen atoms in total. The van der Waals surface area contributed by atoms with Gasteiger partial charge in [0.25, 0.3) is 5.91 Å². The highest BCUT2D eigenvalue weighted by Crippen LogP contribution is 2.46. The standard InChI is InChI=1S/C13H10Cl2F3NO3/c14-8-3-1-2-7(9(8)15)10(20)19-5-4-12(6-19,11(21)22)13(16,17)18/h1-3H,4-6H2,(H,21,22). The summed E-state index contributed by atoms with van der Waals surface area (Å²) in [6.07, 6.45) is -5.65. The average molecular weight is 356 g/mol. The normalized spacial score (nSPS) is 22.0. The molecular formula is C13H10Cl2F3NO3. The molecule has 1 aromatic rings. The van der Waals surface area contributed by atoms with Crippen LogP contribution in [0.25, 0.3) is 0 Å². The molecule has 0 aromatic heterocycles. The lowest BCUT2D eigenvalue weighted by molar-refractivity contribution is -0.227. The molecule has 1 saturated heterocycles. The molecule has 0 radical (unpaired) electrons. The first-order valence-corrected chi connectivity index (χ1v) is 6.89. The molecule has 1 fully saturated rings. The van der Waals surface area contributed by atoms with Crippen LogP contribution < -0.4 is 0 Å². The molecule has 1 unspecified atom stereocenters. The number of likely N-dealkylation sites (tertiary alicyclic amines) is 1. The van der Waals surface area contributed by atoms with Gasteiger partial charge in [-0.05, 0) is 18.6 Å². The van der Waals surface area contributed by atoms with Gasteiger partial charge >= 0.3 is 12.1 Å². The van der Waals surface area contributed by atoms with E-state index in [1.165, 1.54) is 18.2 Å². The summed E-state index contributed by atoms with van der Waals surface area (Å²) in [4.78, 5) is 24.2.